The average Bonchev–Trinajstić information content (AvgIpc) is 2.81. The third-order valence-corrected chi connectivity index (χ3v) is 4.91. The van der Waals surface area contributed by atoms with Crippen molar-refractivity contribution in [3.05, 3.63) is 24.2 Å². The highest BCUT2D eigenvalue weighted by Crippen LogP contribution is 2.17. The molecule has 0 unspecified atom stereocenters. The Bertz CT molecular complexity index is 633. The molecular formula is C14H22N4O2Si. The van der Waals surface area contributed by atoms with Crippen LogP contribution in [0.15, 0.2) is 18.5 Å². The van der Waals surface area contributed by atoms with Crippen molar-refractivity contribution in [2.24, 2.45) is 0 Å². The van der Waals surface area contributed by atoms with Crippen LogP contribution in [0.1, 0.15) is 10.5 Å². The van der Waals surface area contributed by atoms with Gasteiger partial charge in [0.1, 0.15) is 6.73 Å². The fraction of sp³-hybridized carbons (Fsp3) is 0.500. The topological polar surface area (TPSA) is 69.0 Å². The van der Waals surface area contributed by atoms with Gasteiger partial charge in [-0.05, 0) is 12.1 Å². The van der Waals surface area contributed by atoms with Gasteiger partial charge in [-0.25, -0.2) is 4.68 Å². The summed E-state index contributed by atoms with van der Waals surface area (Å²) in [5.41, 5.74) is 1.24. The van der Waals surface area contributed by atoms with E-state index in [1.807, 2.05) is 6.07 Å². The van der Waals surface area contributed by atoms with Crippen LogP contribution in [0.2, 0.25) is 25.7 Å². The normalized spacial score (nSPS) is 11.8. The van der Waals surface area contributed by atoms with Crippen LogP contribution in [-0.2, 0) is 11.5 Å². The zero-order chi connectivity index (χ0) is 15.5. The van der Waals surface area contributed by atoms with Gasteiger partial charge in [-0.2, -0.15) is 5.10 Å². The van der Waals surface area contributed by atoms with E-state index in [0.717, 1.165) is 23.6 Å². The zero-order valence-electron chi connectivity index (χ0n) is 13.0. The lowest BCUT2D eigenvalue weighted by atomic mass is 10.2. The summed E-state index contributed by atoms with van der Waals surface area (Å²) >= 11 is 0. The predicted molar refractivity (Wildman–Crippen MR) is 85.0 cm³/mol. The van der Waals surface area contributed by atoms with Gasteiger partial charge in [-0.3, -0.25) is 9.78 Å². The van der Waals surface area contributed by atoms with Gasteiger partial charge in [0.05, 0.1) is 10.9 Å². The molecule has 1 amide bonds. The van der Waals surface area contributed by atoms with Crippen molar-refractivity contribution < 1.29 is 9.53 Å². The Hall–Kier alpha value is -1.73. The number of fused-ring (bicyclic) bond motifs is 1. The van der Waals surface area contributed by atoms with Crippen LogP contribution in [0.3, 0.4) is 0 Å². The van der Waals surface area contributed by atoms with Crippen LogP contribution in [0.5, 0.6) is 0 Å². The smallest absolute Gasteiger partial charge is 0.272 e. The summed E-state index contributed by atoms with van der Waals surface area (Å²) in [6, 6.07) is 2.95. The van der Waals surface area contributed by atoms with E-state index in [1.165, 1.54) is 0 Å². The molecule has 0 radical (unpaired) electrons. The second-order valence-corrected chi connectivity index (χ2v) is 11.8. The molecule has 0 saturated heterocycles. The number of rotatable bonds is 6. The molecule has 0 atom stereocenters. The van der Waals surface area contributed by atoms with Gasteiger partial charge in [0.25, 0.3) is 5.91 Å². The van der Waals surface area contributed by atoms with E-state index >= 15 is 0 Å². The Morgan fingerprint density at radius 2 is 2.19 bits per heavy atom. The van der Waals surface area contributed by atoms with Crippen molar-refractivity contribution >= 4 is 24.9 Å². The quantitative estimate of drug-likeness (QED) is 0.655. The number of hydrogen-bond acceptors (Lipinski definition) is 4. The predicted octanol–water partition coefficient (Wildman–Crippen LogP) is 2.10. The van der Waals surface area contributed by atoms with E-state index < -0.39 is 8.07 Å². The Kier molecular flexibility index (Phi) is 4.74. The molecule has 2 rings (SSSR count). The summed E-state index contributed by atoms with van der Waals surface area (Å²) in [6.45, 7) is 8.01. The maximum absolute atomic E-state index is 11.9. The van der Waals surface area contributed by atoms with Gasteiger partial charge in [0.2, 0.25) is 0 Å². The molecule has 21 heavy (non-hydrogen) atoms. The molecule has 0 saturated carbocycles. The van der Waals surface area contributed by atoms with Crippen molar-refractivity contribution in [2.45, 2.75) is 32.4 Å². The third-order valence-electron chi connectivity index (χ3n) is 3.20. The highest BCUT2D eigenvalue weighted by molar-refractivity contribution is 6.76. The summed E-state index contributed by atoms with van der Waals surface area (Å²) < 4.78 is 7.43. The molecule has 0 spiro atoms. The number of pyridine rings is 1. The number of nitrogens with zero attached hydrogens (tertiary/aromatic N) is 3. The highest BCUT2D eigenvalue weighted by atomic mass is 28.3. The summed E-state index contributed by atoms with van der Waals surface area (Å²) in [6.07, 6.45) is 3.35. The summed E-state index contributed by atoms with van der Waals surface area (Å²) in [5, 5.41) is 7.68. The molecule has 1 N–H and O–H groups in total. The van der Waals surface area contributed by atoms with E-state index in [-0.39, 0.29) is 5.91 Å². The van der Waals surface area contributed by atoms with E-state index in [4.69, 9.17) is 4.74 Å². The van der Waals surface area contributed by atoms with Gasteiger partial charge < -0.3 is 10.1 Å². The van der Waals surface area contributed by atoms with E-state index in [0.29, 0.717) is 12.4 Å². The van der Waals surface area contributed by atoms with Gasteiger partial charge in [0, 0.05) is 34.1 Å². The van der Waals surface area contributed by atoms with Gasteiger partial charge >= 0.3 is 0 Å². The monoisotopic (exact) mass is 306 g/mol. The Balaban J connectivity index is 2.15. The van der Waals surface area contributed by atoms with Gasteiger partial charge in [-0.1, -0.05) is 19.6 Å². The van der Waals surface area contributed by atoms with Crippen LogP contribution in [0, 0.1) is 0 Å². The van der Waals surface area contributed by atoms with Crippen LogP contribution < -0.4 is 5.32 Å². The van der Waals surface area contributed by atoms with Crippen molar-refractivity contribution in [3.63, 3.8) is 0 Å². The van der Waals surface area contributed by atoms with Crippen molar-refractivity contribution in [2.75, 3.05) is 13.7 Å². The minimum absolute atomic E-state index is 0.214. The molecule has 6 nitrogen and oxygen atoms in total. The van der Waals surface area contributed by atoms with Crippen LogP contribution >= 0.6 is 0 Å². The molecule has 0 aliphatic carbocycles. The van der Waals surface area contributed by atoms with Gasteiger partial charge in [0.15, 0.2) is 5.69 Å². The molecule has 2 aromatic rings. The van der Waals surface area contributed by atoms with Gasteiger partial charge in [-0.15, -0.1) is 0 Å². The summed E-state index contributed by atoms with van der Waals surface area (Å²) in [7, 11) is 0.495. The molecular weight excluding hydrogens is 284 g/mol. The number of carbonyl (C=O) groups excluding carboxylic acids is 1. The fourth-order valence-electron chi connectivity index (χ4n) is 1.94. The standard InChI is InChI=1S/C14H22N4O2Si/c1-15-14(19)13-11-9-16-6-5-12(11)18(17-13)10-20-7-8-21(2,3)4/h5-6,9H,7-8,10H2,1-4H3,(H,15,19). The lowest BCUT2D eigenvalue weighted by Gasteiger charge is -2.15. The van der Waals surface area contributed by atoms with Crippen molar-refractivity contribution in [1.29, 1.82) is 0 Å². The number of carbonyl (C=O) groups is 1. The van der Waals surface area contributed by atoms with E-state index in [1.54, 1.807) is 24.1 Å². The SMILES string of the molecule is CNC(=O)c1nn(COCC[Si](C)(C)C)c2ccncc12. The molecule has 0 bridgehead atoms. The lowest BCUT2D eigenvalue weighted by molar-refractivity contribution is 0.0805. The first kappa shape index (κ1) is 15.7. The molecule has 0 aliphatic heterocycles. The second-order valence-electron chi connectivity index (χ2n) is 6.17. The third kappa shape index (κ3) is 3.89. The first-order valence-electron chi connectivity index (χ1n) is 7.03. The number of aromatic nitrogens is 3. The number of hydrogen-bond donors (Lipinski definition) is 1. The molecule has 2 heterocycles. The zero-order valence-corrected chi connectivity index (χ0v) is 14.0. The maximum Gasteiger partial charge on any atom is 0.272 e. The van der Waals surface area contributed by atoms with Crippen LogP contribution in [0.25, 0.3) is 10.9 Å². The first-order chi connectivity index (χ1) is 9.92. The maximum atomic E-state index is 11.9. The largest absolute Gasteiger partial charge is 0.360 e. The molecule has 0 aromatic carbocycles. The first-order valence-corrected chi connectivity index (χ1v) is 10.7. The van der Waals surface area contributed by atoms with E-state index in [2.05, 4.69) is 35.0 Å². The molecule has 0 aliphatic rings. The Morgan fingerprint density at radius 3 is 2.86 bits per heavy atom. The Labute approximate surface area is 125 Å². The number of nitrogens with one attached hydrogen (secondary N) is 1. The molecule has 7 heteroatoms. The summed E-state index contributed by atoms with van der Waals surface area (Å²) in [4.78, 5) is 15.9. The second kappa shape index (κ2) is 6.36. The molecule has 0 fully saturated rings. The number of ether oxygens (including phenoxy) is 1. The molecule has 2 aromatic heterocycles. The summed E-state index contributed by atoms with van der Waals surface area (Å²) in [5.74, 6) is -0.214. The van der Waals surface area contributed by atoms with E-state index in [9.17, 15) is 4.79 Å². The van der Waals surface area contributed by atoms with Crippen LogP contribution in [-0.4, -0.2) is 42.4 Å². The fourth-order valence-corrected chi connectivity index (χ4v) is 2.69. The highest BCUT2D eigenvalue weighted by Gasteiger charge is 2.16. The molecule has 114 valence electrons. The number of amides is 1. The lowest BCUT2D eigenvalue weighted by Crippen LogP contribution is -2.22. The van der Waals surface area contributed by atoms with Crippen molar-refractivity contribution in [1.82, 2.24) is 20.1 Å². The minimum atomic E-state index is -1.10. The van der Waals surface area contributed by atoms with Crippen molar-refractivity contribution in [3.8, 4) is 0 Å². The average molecular weight is 306 g/mol. The Morgan fingerprint density at radius 1 is 1.43 bits per heavy atom. The van der Waals surface area contributed by atoms with Crippen LogP contribution in [0.4, 0.5) is 0 Å². The minimum Gasteiger partial charge on any atom is -0.360 e.